The first kappa shape index (κ1) is 12.6. The minimum absolute atomic E-state index is 0.296. The molecule has 0 saturated carbocycles. The number of anilines is 1. The number of carbonyl (C=O) groups is 1. The van der Waals surface area contributed by atoms with Gasteiger partial charge in [0.25, 0.3) is 0 Å². The lowest BCUT2D eigenvalue weighted by molar-refractivity contribution is 0.169. The van der Waals surface area contributed by atoms with Crippen LogP contribution in [0.15, 0.2) is 18.2 Å². The summed E-state index contributed by atoms with van der Waals surface area (Å²) in [6.07, 6.45) is -0.557. The molecule has 0 unspecified atom stereocenters. The number of hydrogen-bond donors (Lipinski definition) is 1. The number of hydrogen-bond acceptors (Lipinski definition) is 2. The number of amides is 1. The normalized spacial score (nSPS) is 9.80. The van der Waals surface area contributed by atoms with Crippen LogP contribution >= 0.6 is 39.1 Å². The average Bonchev–Trinajstić information content (AvgIpc) is 2.20. The van der Waals surface area contributed by atoms with Gasteiger partial charge in [-0.15, -0.1) is 0 Å². The third kappa shape index (κ3) is 4.28. The maximum absolute atomic E-state index is 11.2. The minimum atomic E-state index is -0.557. The summed E-state index contributed by atoms with van der Waals surface area (Å²) in [5.41, 5.74) is 0.434. The zero-order valence-electron chi connectivity index (χ0n) is 7.60. The number of carbonyl (C=O) groups excluding carboxylic acids is 1. The van der Waals surface area contributed by atoms with Gasteiger partial charge in [0.05, 0.1) is 10.7 Å². The molecular weight excluding hydrogens is 305 g/mol. The number of alkyl halides is 1. The average molecular weight is 313 g/mol. The molecular formula is C9H8BrCl2NO2. The highest BCUT2D eigenvalue weighted by molar-refractivity contribution is 9.09. The molecule has 0 spiro atoms. The number of halogens is 3. The van der Waals surface area contributed by atoms with Gasteiger partial charge in [-0.1, -0.05) is 39.1 Å². The van der Waals surface area contributed by atoms with E-state index in [1.54, 1.807) is 18.2 Å². The summed E-state index contributed by atoms with van der Waals surface area (Å²) in [6, 6.07) is 4.79. The molecule has 0 aliphatic rings. The summed E-state index contributed by atoms with van der Waals surface area (Å²) < 4.78 is 4.79. The highest BCUT2D eigenvalue weighted by atomic mass is 79.9. The molecule has 0 radical (unpaired) electrons. The van der Waals surface area contributed by atoms with E-state index in [9.17, 15) is 4.79 Å². The van der Waals surface area contributed by atoms with Crippen molar-refractivity contribution in [2.75, 3.05) is 17.3 Å². The summed E-state index contributed by atoms with van der Waals surface area (Å²) in [5.74, 6) is 0. The number of rotatable bonds is 3. The standard InChI is InChI=1S/C9H8BrCl2NO2/c10-3-4-15-9(14)13-8-5-6(11)1-2-7(8)12/h1-2,5H,3-4H2,(H,13,14). The smallest absolute Gasteiger partial charge is 0.411 e. The van der Waals surface area contributed by atoms with Gasteiger partial charge >= 0.3 is 6.09 Å². The first-order valence-electron chi connectivity index (χ1n) is 4.08. The Morgan fingerprint density at radius 3 is 2.87 bits per heavy atom. The summed E-state index contributed by atoms with van der Waals surface area (Å²) >= 11 is 14.7. The van der Waals surface area contributed by atoms with Gasteiger partial charge in [0.1, 0.15) is 6.61 Å². The van der Waals surface area contributed by atoms with Gasteiger partial charge in [-0.2, -0.15) is 0 Å². The third-order valence-corrected chi connectivity index (χ3v) is 2.36. The lowest BCUT2D eigenvalue weighted by atomic mass is 10.3. The van der Waals surface area contributed by atoms with Gasteiger partial charge in [-0.05, 0) is 18.2 Å². The Hall–Kier alpha value is -0.450. The lowest BCUT2D eigenvalue weighted by Crippen LogP contribution is -2.15. The molecule has 0 heterocycles. The van der Waals surface area contributed by atoms with Crippen LogP contribution in [0.25, 0.3) is 0 Å². The fourth-order valence-electron chi connectivity index (χ4n) is 0.871. The molecule has 1 rings (SSSR count). The van der Waals surface area contributed by atoms with Gasteiger partial charge in [0.2, 0.25) is 0 Å². The van der Waals surface area contributed by atoms with Crippen molar-refractivity contribution in [3.05, 3.63) is 28.2 Å². The highest BCUT2D eigenvalue weighted by Crippen LogP contribution is 2.25. The monoisotopic (exact) mass is 311 g/mol. The van der Waals surface area contributed by atoms with E-state index in [1.165, 1.54) is 0 Å². The first-order chi connectivity index (χ1) is 7.13. The van der Waals surface area contributed by atoms with Crippen molar-refractivity contribution in [2.45, 2.75) is 0 Å². The quantitative estimate of drug-likeness (QED) is 0.859. The van der Waals surface area contributed by atoms with Crippen molar-refractivity contribution in [3.8, 4) is 0 Å². The van der Waals surface area contributed by atoms with E-state index < -0.39 is 6.09 Å². The minimum Gasteiger partial charge on any atom is -0.448 e. The maximum atomic E-state index is 11.2. The third-order valence-electron chi connectivity index (χ3n) is 1.48. The second-order valence-electron chi connectivity index (χ2n) is 2.57. The van der Waals surface area contributed by atoms with Crippen molar-refractivity contribution in [2.24, 2.45) is 0 Å². The van der Waals surface area contributed by atoms with Crippen LogP contribution in [0, 0.1) is 0 Å². The Kier molecular flexibility index (Phi) is 5.22. The SMILES string of the molecule is O=C(Nc1cc(Cl)ccc1Cl)OCCBr. The van der Waals surface area contributed by atoms with E-state index in [1.807, 2.05) is 0 Å². The van der Waals surface area contributed by atoms with Crippen molar-refractivity contribution in [1.29, 1.82) is 0 Å². The molecule has 1 amide bonds. The van der Waals surface area contributed by atoms with Crippen LogP contribution < -0.4 is 5.32 Å². The number of benzene rings is 1. The van der Waals surface area contributed by atoms with E-state index in [0.717, 1.165) is 0 Å². The summed E-state index contributed by atoms with van der Waals surface area (Å²) in [7, 11) is 0. The molecule has 3 nitrogen and oxygen atoms in total. The summed E-state index contributed by atoms with van der Waals surface area (Å²) in [6.45, 7) is 0.296. The zero-order valence-corrected chi connectivity index (χ0v) is 10.7. The topological polar surface area (TPSA) is 38.3 Å². The fourth-order valence-corrected chi connectivity index (χ4v) is 1.37. The molecule has 82 valence electrons. The van der Waals surface area contributed by atoms with Crippen molar-refractivity contribution < 1.29 is 9.53 Å². The second-order valence-corrected chi connectivity index (χ2v) is 4.21. The largest absolute Gasteiger partial charge is 0.448 e. The van der Waals surface area contributed by atoms with Crippen LogP contribution in [0.2, 0.25) is 10.0 Å². The summed E-state index contributed by atoms with van der Waals surface area (Å²) in [5, 5.41) is 3.98. The van der Waals surface area contributed by atoms with E-state index in [0.29, 0.717) is 27.7 Å². The molecule has 0 fully saturated rings. The molecule has 0 aromatic heterocycles. The first-order valence-corrected chi connectivity index (χ1v) is 5.96. The van der Waals surface area contributed by atoms with Gasteiger partial charge < -0.3 is 4.74 Å². The Morgan fingerprint density at radius 2 is 2.20 bits per heavy atom. The van der Waals surface area contributed by atoms with E-state index in [-0.39, 0.29) is 0 Å². The van der Waals surface area contributed by atoms with Gasteiger partial charge in [0, 0.05) is 10.4 Å². The van der Waals surface area contributed by atoms with Gasteiger partial charge in [-0.25, -0.2) is 4.79 Å². The maximum Gasteiger partial charge on any atom is 0.411 e. The second kappa shape index (κ2) is 6.20. The predicted molar refractivity (Wildman–Crippen MR) is 65.2 cm³/mol. The van der Waals surface area contributed by atoms with Crippen LogP contribution in [0.5, 0.6) is 0 Å². The highest BCUT2D eigenvalue weighted by Gasteiger charge is 2.06. The number of ether oxygens (including phenoxy) is 1. The molecule has 1 aromatic carbocycles. The molecule has 1 N–H and O–H groups in total. The van der Waals surface area contributed by atoms with E-state index in [2.05, 4.69) is 21.2 Å². The lowest BCUT2D eigenvalue weighted by Gasteiger charge is -2.07. The fraction of sp³-hybridized carbons (Fsp3) is 0.222. The predicted octanol–water partition coefficient (Wildman–Crippen LogP) is 3.94. The number of nitrogens with one attached hydrogen (secondary N) is 1. The zero-order chi connectivity index (χ0) is 11.3. The molecule has 0 aliphatic carbocycles. The van der Waals surface area contributed by atoms with E-state index in [4.69, 9.17) is 27.9 Å². The van der Waals surface area contributed by atoms with Crippen LogP contribution in [0.4, 0.5) is 10.5 Å². The molecule has 1 aromatic rings. The molecule has 0 aliphatic heterocycles. The van der Waals surface area contributed by atoms with Crippen molar-refractivity contribution >= 4 is 50.9 Å². The Balaban J connectivity index is 2.63. The van der Waals surface area contributed by atoms with Gasteiger partial charge in [-0.3, -0.25) is 5.32 Å². The molecule has 0 atom stereocenters. The molecule has 0 bridgehead atoms. The Labute approximate surface area is 106 Å². The molecule has 15 heavy (non-hydrogen) atoms. The van der Waals surface area contributed by atoms with Crippen LogP contribution in [-0.2, 0) is 4.74 Å². The van der Waals surface area contributed by atoms with Crippen LogP contribution in [0.1, 0.15) is 0 Å². The summed E-state index contributed by atoms with van der Waals surface area (Å²) in [4.78, 5) is 11.2. The Morgan fingerprint density at radius 1 is 1.47 bits per heavy atom. The van der Waals surface area contributed by atoms with Crippen LogP contribution in [0.3, 0.4) is 0 Å². The molecule has 6 heteroatoms. The van der Waals surface area contributed by atoms with E-state index >= 15 is 0 Å². The van der Waals surface area contributed by atoms with Crippen molar-refractivity contribution in [3.63, 3.8) is 0 Å². The van der Waals surface area contributed by atoms with Gasteiger partial charge in [0.15, 0.2) is 0 Å². The van der Waals surface area contributed by atoms with Crippen LogP contribution in [-0.4, -0.2) is 18.0 Å². The molecule has 0 saturated heterocycles. The Bertz CT molecular complexity index is 360. The van der Waals surface area contributed by atoms with Crippen molar-refractivity contribution in [1.82, 2.24) is 0 Å².